The van der Waals surface area contributed by atoms with E-state index in [0.29, 0.717) is 13.0 Å². The van der Waals surface area contributed by atoms with Crippen LogP contribution in [0, 0.1) is 5.92 Å². The lowest BCUT2D eigenvalue weighted by Gasteiger charge is -2.15. The SMILES string of the molecule is NCCCC[C@@H]([C]=O)NC(=O)C1CCCC1. The van der Waals surface area contributed by atoms with E-state index in [-0.39, 0.29) is 11.8 Å². The van der Waals surface area contributed by atoms with Gasteiger partial charge in [0, 0.05) is 5.92 Å². The number of hydrogen-bond donors (Lipinski definition) is 2. The maximum Gasteiger partial charge on any atom is 0.223 e. The molecule has 0 saturated heterocycles. The third kappa shape index (κ3) is 4.31. The average molecular weight is 225 g/mol. The molecule has 1 amide bonds. The van der Waals surface area contributed by atoms with Crippen LogP contribution in [-0.2, 0) is 9.59 Å². The summed E-state index contributed by atoms with van der Waals surface area (Å²) in [7, 11) is 0. The summed E-state index contributed by atoms with van der Waals surface area (Å²) in [5, 5.41) is 2.76. The van der Waals surface area contributed by atoms with Crippen molar-refractivity contribution in [3.63, 3.8) is 0 Å². The molecule has 91 valence electrons. The molecule has 1 radical (unpaired) electrons. The molecular weight excluding hydrogens is 204 g/mol. The molecule has 0 aromatic carbocycles. The van der Waals surface area contributed by atoms with E-state index >= 15 is 0 Å². The molecule has 0 aromatic heterocycles. The Balaban J connectivity index is 2.25. The Morgan fingerprint density at radius 3 is 2.62 bits per heavy atom. The van der Waals surface area contributed by atoms with Gasteiger partial charge in [0.25, 0.3) is 0 Å². The Bertz CT molecular complexity index is 225. The Labute approximate surface area is 97.0 Å². The van der Waals surface area contributed by atoms with Crippen LogP contribution in [0.1, 0.15) is 44.9 Å². The molecule has 0 unspecified atom stereocenters. The highest BCUT2D eigenvalue weighted by Crippen LogP contribution is 2.24. The van der Waals surface area contributed by atoms with Gasteiger partial charge >= 0.3 is 0 Å². The summed E-state index contributed by atoms with van der Waals surface area (Å²) < 4.78 is 0. The van der Waals surface area contributed by atoms with E-state index in [1.165, 1.54) is 0 Å². The highest BCUT2D eigenvalue weighted by molar-refractivity contribution is 5.82. The van der Waals surface area contributed by atoms with Crippen LogP contribution >= 0.6 is 0 Å². The standard InChI is InChI=1S/C12H21N2O2/c13-8-4-3-7-11(9-15)14-12(16)10-5-1-2-6-10/h10-11H,1-8,13H2,(H,14,16)/t11-/m0/s1. The Hall–Kier alpha value is -0.900. The molecule has 4 nitrogen and oxygen atoms in total. The first-order valence-electron chi connectivity index (χ1n) is 6.16. The Morgan fingerprint density at radius 2 is 2.06 bits per heavy atom. The van der Waals surface area contributed by atoms with Crippen molar-refractivity contribution < 1.29 is 9.59 Å². The molecule has 1 atom stereocenters. The minimum absolute atomic E-state index is 0.0265. The predicted molar refractivity (Wildman–Crippen MR) is 62.5 cm³/mol. The maximum atomic E-state index is 11.7. The van der Waals surface area contributed by atoms with Crippen LogP contribution in [-0.4, -0.2) is 24.8 Å². The van der Waals surface area contributed by atoms with Crippen LogP contribution in [0.2, 0.25) is 0 Å². The van der Waals surface area contributed by atoms with Gasteiger partial charge in [-0.3, -0.25) is 9.59 Å². The minimum Gasteiger partial charge on any atom is -0.346 e. The zero-order valence-corrected chi connectivity index (χ0v) is 9.71. The molecule has 0 bridgehead atoms. The monoisotopic (exact) mass is 225 g/mol. The molecule has 1 aliphatic rings. The van der Waals surface area contributed by atoms with Gasteiger partial charge in [-0.05, 0) is 38.6 Å². The van der Waals surface area contributed by atoms with Gasteiger partial charge in [0.2, 0.25) is 12.2 Å². The molecular formula is C12H21N2O2. The van der Waals surface area contributed by atoms with Crippen molar-refractivity contribution >= 4 is 12.2 Å². The highest BCUT2D eigenvalue weighted by Gasteiger charge is 2.24. The van der Waals surface area contributed by atoms with Gasteiger partial charge in [-0.1, -0.05) is 12.8 Å². The van der Waals surface area contributed by atoms with E-state index < -0.39 is 6.04 Å². The van der Waals surface area contributed by atoms with Gasteiger partial charge in [0.05, 0.1) is 6.04 Å². The maximum absolute atomic E-state index is 11.7. The van der Waals surface area contributed by atoms with Crippen LogP contribution in [0.25, 0.3) is 0 Å². The zero-order valence-electron chi connectivity index (χ0n) is 9.71. The third-order valence-electron chi connectivity index (χ3n) is 3.13. The fourth-order valence-corrected chi connectivity index (χ4v) is 2.13. The molecule has 0 heterocycles. The number of nitrogens with one attached hydrogen (secondary N) is 1. The first-order valence-corrected chi connectivity index (χ1v) is 6.16. The highest BCUT2D eigenvalue weighted by atomic mass is 16.2. The van der Waals surface area contributed by atoms with Gasteiger partial charge in [-0.15, -0.1) is 0 Å². The summed E-state index contributed by atoms with van der Waals surface area (Å²) in [6.07, 6.45) is 8.46. The van der Waals surface area contributed by atoms with Gasteiger partial charge in [-0.2, -0.15) is 0 Å². The van der Waals surface area contributed by atoms with E-state index in [9.17, 15) is 9.59 Å². The van der Waals surface area contributed by atoms with Gasteiger partial charge < -0.3 is 11.1 Å². The number of carbonyl (C=O) groups excluding carboxylic acids is 2. The smallest absolute Gasteiger partial charge is 0.223 e. The molecule has 0 aromatic rings. The van der Waals surface area contributed by atoms with Crippen molar-refractivity contribution in [3.8, 4) is 0 Å². The van der Waals surface area contributed by atoms with E-state index in [1.54, 1.807) is 0 Å². The number of hydrogen-bond acceptors (Lipinski definition) is 3. The second-order valence-electron chi connectivity index (χ2n) is 4.44. The molecule has 1 rings (SSSR count). The summed E-state index contributed by atoms with van der Waals surface area (Å²) >= 11 is 0. The molecule has 1 aliphatic carbocycles. The van der Waals surface area contributed by atoms with Gasteiger partial charge in [0.15, 0.2) is 0 Å². The summed E-state index contributed by atoms with van der Waals surface area (Å²) in [4.78, 5) is 22.4. The summed E-state index contributed by atoms with van der Waals surface area (Å²) in [5.74, 6) is 0.143. The largest absolute Gasteiger partial charge is 0.346 e. The molecule has 0 spiro atoms. The van der Waals surface area contributed by atoms with Crippen LogP contribution in [0.4, 0.5) is 0 Å². The number of amides is 1. The fraction of sp³-hybridized carbons (Fsp3) is 0.833. The van der Waals surface area contributed by atoms with Crippen molar-refractivity contribution in [2.24, 2.45) is 11.7 Å². The average Bonchev–Trinajstić information content (AvgIpc) is 2.81. The van der Waals surface area contributed by atoms with Gasteiger partial charge in [-0.25, -0.2) is 0 Å². The second-order valence-corrected chi connectivity index (χ2v) is 4.44. The quantitative estimate of drug-likeness (QED) is 0.632. The van der Waals surface area contributed by atoms with Gasteiger partial charge in [0.1, 0.15) is 0 Å². The van der Waals surface area contributed by atoms with E-state index in [4.69, 9.17) is 5.73 Å². The minimum atomic E-state index is -0.445. The fourth-order valence-electron chi connectivity index (χ4n) is 2.13. The summed E-state index contributed by atoms with van der Waals surface area (Å²) in [6, 6.07) is -0.445. The first kappa shape index (κ1) is 13.2. The van der Waals surface area contributed by atoms with Crippen molar-refractivity contribution in [2.75, 3.05) is 6.54 Å². The summed E-state index contributed by atoms with van der Waals surface area (Å²) in [5.41, 5.74) is 5.37. The Kier molecular flexibility index (Phi) is 6.08. The van der Waals surface area contributed by atoms with Crippen LogP contribution < -0.4 is 11.1 Å². The van der Waals surface area contributed by atoms with Crippen molar-refractivity contribution in [2.45, 2.75) is 51.0 Å². The lowest BCUT2D eigenvalue weighted by molar-refractivity contribution is -0.125. The number of unbranched alkanes of at least 4 members (excludes halogenated alkanes) is 1. The van der Waals surface area contributed by atoms with Crippen LogP contribution in [0.3, 0.4) is 0 Å². The van der Waals surface area contributed by atoms with Crippen molar-refractivity contribution in [1.29, 1.82) is 0 Å². The molecule has 0 aliphatic heterocycles. The van der Waals surface area contributed by atoms with E-state index in [0.717, 1.165) is 38.5 Å². The molecule has 16 heavy (non-hydrogen) atoms. The van der Waals surface area contributed by atoms with Crippen molar-refractivity contribution in [3.05, 3.63) is 0 Å². The normalized spacial score (nSPS) is 18.3. The number of carbonyl (C=O) groups is 1. The molecule has 3 N–H and O–H groups in total. The molecule has 1 fully saturated rings. The summed E-state index contributed by atoms with van der Waals surface area (Å²) in [6.45, 7) is 0.627. The topological polar surface area (TPSA) is 72.2 Å². The lowest BCUT2D eigenvalue weighted by Crippen LogP contribution is -2.39. The molecule has 4 heteroatoms. The van der Waals surface area contributed by atoms with E-state index in [1.807, 2.05) is 6.29 Å². The third-order valence-corrected chi connectivity index (χ3v) is 3.13. The van der Waals surface area contributed by atoms with Crippen molar-refractivity contribution in [1.82, 2.24) is 5.32 Å². The van der Waals surface area contributed by atoms with E-state index in [2.05, 4.69) is 5.32 Å². The first-order chi connectivity index (χ1) is 7.77. The number of rotatable bonds is 7. The molecule has 1 saturated carbocycles. The Morgan fingerprint density at radius 1 is 1.38 bits per heavy atom. The zero-order chi connectivity index (χ0) is 11.8. The lowest BCUT2D eigenvalue weighted by atomic mass is 10.1. The number of nitrogens with two attached hydrogens (primary N) is 1. The van der Waals surface area contributed by atoms with Crippen LogP contribution in [0.5, 0.6) is 0 Å². The second kappa shape index (κ2) is 7.39. The van der Waals surface area contributed by atoms with Crippen LogP contribution in [0.15, 0.2) is 0 Å². The predicted octanol–water partition coefficient (Wildman–Crippen LogP) is 0.900.